The number of hydrogen-bond acceptors (Lipinski definition) is 2. The summed E-state index contributed by atoms with van der Waals surface area (Å²) in [5.74, 6) is -0.574. The molecule has 1 heterocycles. The first-order chi connectivity index (χ1) is 11.8. The molecule has 1 amide bonds. The summed E-state index contributed by atoms with van der Waals surface area (Å²) in [7, 11) is 0. The van der Waals surface area contributed by atoms with Gasteiger partial charge in [0.15, 0.2) is 0 Å². The summed E-state index contributed by atoms with van der Waals surface area (Å²) < 4.78 is 15.2. The highest BCUT2D eigenvalue weighted by molar-refractivity contribution is 6.32. The highest BCUT2D eigenvalue weighted by Gasteiger charge is 2.30. The molecule has 0 fully saturated rings. The smallest absolute Gasteiger partial charge is 0.250 e. The van der Waals surface area contributed by atoms with Crippen LogP contribution in [0.4, 0.5) is 10.1 Å². The Balaban J connectivity index is 1.92. The van der Waals surface area contributed by atoms with E-state index in [0.717, 1.165) is 10.9 Å². The summed E-state index contributed by atoms with van der Waals surface area (Å²) in [6.45, 7) is 3.55. The van der Waals surface area contributed by atoms with E-state index in [2.05, 4.69) is 5.32 Å². The van der Waals surface area contributed by atoms with E-state index in [4.69, 9.17) is 16.9 Å². The number of nitrogens with one attached hydrogen (secondary N) is 1. The molecule has 0 unspecified atom stereocenters. The van der Waals surface area contributed by atoms with Crippen LogP contribution in [0, 0.1) is 17.1 Å². The molecule has 0 bridgehead atoms. The molecule has 0 saturated heterocycles. The number of carbonyl (C=O) groups excluding carboxylic acids is 1. The van der Waals surface area contributed by atoms with E-state index in [1.165, 1.54) is 18.2 Å². The third-order valence-corrected chi connectivity index (χ3v) is 4.47. The molecular formula is C19H15ClFN3O. The number of hydrogen-bond donors (Lipinski definition) is 1. The van der Waals surface area contributed by atoms with Gasteiger partial charge in [-0.2, -0.15) is 5.26 Å². The maximum atomic E-state index is 13.4. The number of halogens is 2. The van der Waals surface area contributed by atoms with Crippen LogP contribution in [-0.2, 0) is 10.3 Å². The molecule has 25 heavy (non-hydrogen) atoms. The average Bonchev–Trinajstić information content (AvgIpc) is 2.98. The zero-order valence-electron chi connectivity index (χ0n) is 13.7. The molecule has 0 saturated carbocycles. The number of anilines is 1. The van der Waals surface area contributed by atoms with Crippen molar-refractivity contribution in [1.29, 1.82) is 5.26 Å². The van der Waals surface area contributed by atoms with Gasteiger partial charge in [0.25, 0.3) is 0 Å². The van der Waals surface area contributed by atoms with Crippen molar-refractivity contribution in [3.8, 4) is 6.07 Å². The molecule has 0 spiro atoms. The van der Waals surface area contributed by atoms with E-state index in [1.807, 2.05) is 6.07 Å². The highest BCUT2D eigenvalue weighted by atomic mass is 35.5. The zero-order chi connectivity index (χ0) is 18.2. The lowest BCUT2D eigenvalue weighted by Gasteiger charge is -2.27. The minimum atomic E-state index is -0.917. The van der Waals surface area contributed by atoms with Crippen molar-refractivity contribution in [3.63, 3.8) is 0 Å². The summed E-state index contributed by atoms with van der Waals surface area (Å²) in [5.41, 5.74) is 0.696. The van der Waals surface area contributed by atoms with Gasteiger partial charge in [-0.3, -0.25) is 4.79 Å². The number of fused-ring (bicyclic) bond motifs is 1. The first-order valence-electron chi connectivity index (χ1n) is 7.61. The Hall–Kier alpha value is -2.84. The number of rotatable bonds is 3. The monoisotopic (exact) mass is 355 g/mol. The largest absolute Gasteiger partial charge is 0.333 e. The molecule has 1 N–H and O–H groups in total. The lowest BCUT2D eigenvalue weighted by atomic mass is 10.0. The lowest BCUT2D eigenvalue weighted by molar-refractivity contribution is -0.122. The minimum Gasteiger partial charge on any atom is -0.333 e. The number of carbonyl (C=O) groups is 1. The Kier molecular flexibility index (Phi) is 4.23. The van der Waals surface area contributed by atoms with Gasteiger partial charge < -0.3 is 9.88 Å². The predicted octanol–water partition coefficient (Wildman–Crippen LogP) is 4.68. The van der Waals surface area contributed by atoms with Crippen molar-refractivity contribution in [3.05, 3.63) is 65.1 Å². The third-order valence-electron chi connectivity index (χ3n) is 4.16. The van der Waals surface area contributed by atoms with Crippen molar-refractivity contribution in [1.82, 2.24) is 4.57 Å². The third kappa shape index (κ3) is 3.09. The molecular weight excluding hydrogens is 341 g/mol. The Labute approximate surface area is 149 Å². The van der Waals surface area contributed by atoms with Crippen LogP contribution >= 0.6 is 11.6 Å². The normalized spacial score (nSPS) is 11.3. The topological polar surface area (TPSA) is 57.8 Å². The molecule has 126 valence electrons. The van der Waals surface area contributed by atoms with Crippen molar-refractivity contribution < 1.29 is 9.18 Å². The van der Waals surface area contributed by atoms with Crippen molar-refractivity contribution in [2.75, 3.05) is 5.32 Å². The Bertz CT molecular complexity index is 1020. The Morgan fingerprint density at radius 3 is 2.68 bits per heavy atom. The molecule has 0 aliphatic rings. The van der Waals surface area contributed by atoms with Crippen LogP contribution in [0.1, 0.15) is 19.4 Å². The first-order valence-corrected chi connectivity index (χ1v) is 7.99. The fourth-order valence-electron chi connectivity index (χ4n) is 2.68. The highest BCUT2D eigenvalue weighted by Crippen LogP contribution is 2.27. The van der Waals surface area contributed by atoms with Gasteiger partial charge in [0.05, 0.1) is 10.6 Å². The number of amides is 1. The van der Waals surface area contributed by atoms with Gasteiger partial charge in [-0.1, -0.05) is 11.6 Å². The number of aromatic nitrogens is 1. The quantitative estimate of drug-likeness (QED) is 0.741. The number of nitriles is 1. The van der Waals surface area contributed by atoms with Crippen LogP contribution in [-0.4, -0.2) is 10.5 Å². The summed E-state index contributed by atoms with van der Waals surface area (Å²) in [6, 6.07) is 12.9. The van der Waals surface area contributed by atoms with Crippen LogP contribution in [0.2, 0.25) is 5.02 Å². The van der Waals surface area contributed by atoms with E-state index in [-0.39, 0.29) is 16.7 Å². The minimum absolute atomic E-state index is 0.255. The molecule has 0 aliphatic heterocycles. The van der Waals surface area contributed by atoms with Crippen LogP contribution in [0.25, 0.3) is 10.9 Å². The standard InChI is InChI=1S/C19H15ClFN3O/c1-19(2,24-8-7-12-9-14(21)4-6-17(12)24)18(25)23-15-5-3-13(11-22)16(20)10-15/h3-10H,1-2H3,(H,23,25). The maximum Gasteiger partial charge on any atom is 0.250 e. The van der Waals surface area contributed by atoms with E-state index in [1.54, 1.807) is 48.9 Å². The van der Waals surface area contributed by atoms with E-state index in [0.29, 0.717) is 11.3 Å². The zero-order valence-corrected chi connectivity index (χ0v) is 14.4. The second kappa shape index (κ2) is 6.23. The van der Waals surface area contributed by atoms with Crippen molar-refractivity contribution in [2.24, 2.45) is 0 Å². The number of nitrogens with zero attached hydrogens (tertiary/aromatic N) is 2. The Morgan fingerprint density at radius 1 is 1.24 bits per heavy atom. The van der Waals surface area contributed by atoms with Crippen molar-refractivity contribution >= 4 is 34.1 Å². The van der Waals surface area contributed by atoms with Crippen molar-refractivity contribution in [2.45, 2.75) is 19.4 Å². The van der Waals surface area contributed by atoms with Gasteiger partial charge in [0.2, 0.25) is 5.91 Å². The van der Waals surface area contributed by atoms with Crippen LogP contribution in [0.5, 0.6) is 0 Å². The molecule has 0 atom stereocenters. The molecule has 4 nitrogen and oxygen atoms in total. The summed E-state index contributed by atoms with van der Waals surface area (Å²) in [6.07, 6.45) is 1.76. The van der Waals surface area contributed by atoms with E-state index >= 15 is 0 Å². The molecule has 3 rings (SSSR count). The van der Waals surface area contributed by atoms with Crippen LogP contribution < -0.4 is 5.32 Å². The van der Waals surface area contributed by atoms with Gasteiger partial charge in [0.1, 0.15) is 17.4 Å². The molecule has 0 radical (unpaired) electrons. The molecule has 3 aromatic rings. The second-order valence-corrected chi connectivity index (χ2v) is 6.62. The lowest BCUT2D eigenvalue weighted by Crippen LogP contribution is -2.39. The fourth-order valence-corrected chi connectivity index (χ4v) is 2.90. The summed E-state index contributed by atoms with van der Waals surface area (Å²) >= 11 is 6.01. The van der Waals surface area contributed by atoms with Gasteiger partial charge in [-0.25, -0.2) is 4.39 Å². The molecule has 2 aromatic carbocycles. The molecule has 0 aliphatic carbocycles. The van der Waals surface area contributed by atoms with Gasteiger partial charge >= 0.3 is 0 Å². The van der Waals surface area contributed by atoms with Gasteiger partial charge in [-0.05, 0) is 56.3 Å². The van der Waals surface area contributed by atoms with Crippen LogP contribution in [0.3, 0.4) is 0 Å². The maximum absolute atomic E-state index is 13.4. The van der Waals surface area contributed by atoms with E-state index < -0.39 is 5.54 Å². The predicted molar refractivity (Wildman–Crippen MR) is 96.0 cm³/mol. The molecule has 1 aromatic heterocycles. The van der Waals surface area contributed by atoms with E-state index in [9.17, 15) is 9.18 Å². The molecule has 6 heteroatoms. The summed E-state index contributed by atoms with van der Waals surface area (Å²) in [5, 5.41) is 12.7. The second-order valence-electron chi connectivity index (χ2n) is 6.21. The summed E-state index contributed by atoms with van der Waals surface area (Å²) in [4.78, 5) is 12.8. The SMILES string of the molecule is CC(C)(C(=O)Nc1ccc(C#N)c(Cl)c1)n1ccc2cc(F)ccc21. The Morgan fingerprint density at radius 2 is 2.00 bits per heavy atom. The van der Waals surface area contributed by atoms with Gasteiger partial charge in [0, 0.05) is 22.8 Å². The number of benzene rings is 2. The average molecular weight is 356 g/mol. The van der Waals surface area contributed by atoms with Crippen LogP contribution in [0.15, 0.2) is 48.7 Å². The first kappa shape index (κ1) is 17.0. The fraction of sp³-hybridized carbons (Fsp3) is 0.158. The van der Waals surface area contributed by atoms with Gasteiger partial charge in [-0.15, -0.1) is 0 Å².